The van der Waals surface area contributed by atoms with Crippen LogP contribution >= 0.6 is 11.6 Å². The number of aryl methyl sites for hydroxylation is 1. The van der Waals surface area contributed by atoms with Gasteiger partial charge in [-0.2, -0.15) is 0 Å². The third-order valence-corrected chi connectivity index (χ3v) is 2.77. The lowest BCUT2D eigenvalue weighted by Gasteiger charge is -2.04. The summed E-state index contributed by atoms with van der Waals surface area (Å²) in [6.45, 7) is 2.63. The van der Waals surface area contributed by atoms with E-state index in [0.29, 0.717) is 10.6 Å². The number of hydrogen-bond donors (Lipinski definition) is 0. The molecule has 0 saturated heterocycles. The first kappa shape index (κ1) is 7.87. The summed E-state index contributed by atoms with van der Waals surface area (Å²) in [6, 6.07) is 1.91. The maximum atomic E-state index is 11.6. The van der Waals surface area contributed by atoms with E-state index < -0.39 is 0 Å². The lowest BCUT2D eigenvalue weighted by molar-refractivity contribution is 0.716. The minimum absolute atomic E-state index is 0.0787. The summed E-state index contributed by atoms with van der Waals surface area (Å²) in [5.74, 6) is 0. The van der Waals surface area contributed by atoms with Gasteiger partial charge >= 0.3 is 0 Å². The van der Waals surface area contributed by atoms with Gasteiger partial charge in [-0.3, -0.25) is 4.79 Å². The zero-order chi connectivity index (χ0) is 8.72. The van der Waals surface area contributed by atoms with Crippen LogP contribution in [0, 0.1) is 6.92 Å². The molecule has 1 aliphatic heterocycles. The van der Waals surface area contributed by atoms with Gasteiger partial charge in [-0.15, -0.1) is 0 Å². The molecule has 0 N–H and O–H groups in total. The number of rotatable bonds is 0. The van der Waals surface area contributed by atoms with Gasteiger partial charge in [0.05, 0.1) is 5.02 Å². The largest absolute Gasteiger partial charge is 0.312 e. The van der Waals surface area contributed by atoms with Gasteiger partial charge in [0.15, 0.2) is 0 Å². The monoisotopic (exact) mass is 183 g/mol. The lowest BCUT2D eigenvalue weighted by atomic mass is 10.2. The van der Waals surface area contributed by atoms with E-state index >= 15 is 0 Å². The summed E-state index contributed by atoms with van der Waals surface area (Å²) in [6.07, 6.45) is 2.05. The van der Waals surface area contributed by atoms with Crippen molar-refractivity contribution in [3.63, 3.8) is 0 Å². The third-order valence-electron chi connectivity index (χ3n) is 2.38. The van der Waals surface area contributed by atoms with Crippen LogP contribution in [0.3, 0.4) is 0 Å². The fourth-order valence-corrected chi connectivity index (χ4v) is 1.84. The first-order valence-electron chi connectivity index (χ1n) is 4.09. The van der Waals surface area contributed by atoms with Crippen LogP contribution in [0.15, 0.2) is 10.9 Å². The van der Waals surface area contributed by atoms with Gasteiger partial charge in [-0.25, -0.2) is 0 Å². The molecule has 0 spiro atoms. The average molecular weight is 184 g/mol. The van der Waals surface area contributed by atoms with E-state index in [2.05, 4.69) is 0 Å². The third kappa shape index (κ3) is 0.985. The van der Waals surface area contributed by atoms with Crippen LogP contribution in [0.1, 0.15) is 17.7 Å². The maximum absolute atomic E-state index is 11.6. The van der Waals surface area contributed by atoms with Gasteiger partial charge in [0, 0.05) is 17.8 Å². The number of pyridine rings is 1. The summed E-state index contributed by atoms with van der Waals surface area (Å²) in [7, 11) is 0. The first-order valence-corrected chi connectivity index (χ1v) is 4.47. The highest BCUT2D eigenvalue weighted by molar-refractivity contribution is 6.31. The van der Waals surface area contributed by atoms with Gasteiger partial charge in [-0.1, -0.05) is 11.6 Å². The lowest BCUT2D eigenvalue weighted by Crippen LogP contribution is -2.21. The highest BCUT2D eigenvalue weighted by Gasteiger charge is 2.14. The molecular formula is C9H10ClNO. The van der Waals surface area contributed by atoms with E-state index in [-0.39, 0.29) is 5.56 Å². The Morgan fingerprint density at radius 3 is 3.08 bits per heavy atom. The zero-order valence-corrected chi connectivity index (χ0v) is 7.69. The summed E-state index contributed by atoms with van der Waals surface area (Å²) >= 11 is 5.88. The SMILES string of the molecule is Cc1c(Cl)cc2n(c1=O)CCC2. The van der Waals surface area contributed by atoms with Crippen molar-refractivity contribution < 1.29 is 0 Å². The van der Waals surface area contributed by atoms with E-state index in [4.69, 9.17) is 11.6 Å². The molecule has 0 fully saturated rings. The molecule has 1 aromatic heterocycles. The molecule has 0 atom stereocenters. The molecule has 1 aliphatic rings. The van der Waals surface area contributed by atoms with Crippen molar-refractivity contribution in [1.82, 2.24) is 4.57 Å². The number of halogens is 1. The smallest absolute Gasteiger partial charge is 0.255 e. The summed E-state index contributed by atoms with van der Waals surface area (Å²) in [5, 5.41) is 0.605. The Morgan fingerprint density at radius 2 is 2.33 bits per heavy atom. The Kier molecular flexibility index (Phi) is 1.72. The molecule has 0 unspecified atom stereocenters. The van der Waals surface area contributed by atoms with E-state index in [1.165, 1.54) is 0 Å². The molecule has 2 nitrogen and oxygen atoms in total. The molecule has 0 amide bonds. The van der Waals surface area contributed by atoms with Crippen LogP contribution in [0.5, 0.6) is 0 Å². The van der Waals surface area contributed by atoms with E-state index in [0.717, 1.165) is 25.1 Å². The molecule has 64 valence electrons. The molecule has 3 heteroatoms. The van der Waals surface area contributed by atoms with Crippen LogP contribution in [0.25, 0.3) is 0 Å². The molecule has 2 rings (SSSR count). The Hall–Kier alpha value is -0.760. The van der Waals surface area contributed by atoms with Crippen LogP contribution in [-0.2, 0) is 13.0 Å². The fraction of sp³-hybridized carbons (Fsp3) is 0.444. The summed E-state index contributed by atoms with van der Waals surface area (Å²) in [4.78, 5) is 11.6. The molecule has 0 aromatic carbocycles. The molecule has 0 saturated carbocycles. The predicted octanol–water partition coefficient (Wildman–Crippen LogP) is 1.76. The zero-order valence-electron chi connectivity index (χ0n) is 6.93. The van der Waals surface area contributed by atoms with Gasteiger partial charge in [0.25, 0.3) is 5.56 Å². The van der Waals surface area contributed by atoms with E-state index in [1.807, 2.05) is 10.6 Å². The Balaban J connectivity index is 2.76. The highest BCUT2D eigenvalue weighted by atomic mass is 35.5. The minimum Gasteiger partial charge on any atom is -0.312 e. The van der Waals surface area contributed by atoms with Crippen molar-refractivity contribution >= 4 is 11.6 Å². The van der Waals surface area contributed by atoms with Crippen LogP contribution in [0.4, 0.5) is 0 Å². The first-order chi connectivity index (χ1) is 5.70. The van der Waals surface area contributed by atoms with Crippen molar-refractivity contribution in [3.8, 4) is 0 Å². The van der Waals surface area contributed by atoms with Crippen molar-refractivity contribution in [1.29, 1.82) is 0 Å². The molecule has 1 aromatic rings. The molecule has 0 radical (unpaired) electrons. The normalized spacial score (nSPS) is 14.8. The van der Waals surface area contributed by atoms with Gasteiger partial charge in [0.2, 0.25) is 0 Å². The fourth-order valence-electron chi connectivity index (χ4n) is 1.64. The summed E-state index contributed by atoms with van der Waals surface area (Å²) in [5.41, 5.74) is 1.83. The van der Waals surface area contributed by atoms with Crippen molar-refractivity contribution in [2.45, 2.75) is 26.3 Å². The second-order valence-corrected chi connectivity index (χ2v) is 3.58. The average Bonchev–Trinajstić information content (AvgIpc) is 2.48. The van der Waals surface area contributed by atoms with Crippen molar-refractivity contribution in [3.05, 3.63) is 32.7 Å². The van der Waals surface area contributed by atoms with Gasteiger partial charge in [0.1, 0.15) is 0 Å². The van der Waals surface area contributed by atoms with Gasteiger partial charge in [-0.05, 0) is 25.8 Å². The highest BCUT2D eigenvalue weighted by Crippen LogP contribution is 2.18. The Labute approximate surface area is 75.8 Å². The maximum Gasteiger partial charge on any atom is 0.255 e. The number of fused-ring (bicyclic) bond motifs is 1. The van der Waals surface area contributed by atoms with Gasteiger partial charge < -0.3 is 4.57 Å². The second kappa shape index (κ2) is 2.63. The number of hydrogen-bond acceptors (Lipinski definition) is 1. The predicted molar refractivity (Wildman–Crippen MR) is 48.8 cm³/mol. The van der Waals surface area contributed by atoms with Crippen LogP contribution in [0.2, 0.25) is 5.02 Å². The molecule has 12 heavy (non-hydrogen) atoms. The Bertz CT molecular complexity index is 381. The topological polar surface area (TPSA) is 22.0 Å². The van der Waals surface area contributed by atoms with Crippen molar-refractivity contribution in [2.75, 3.05) is 0 Å². The molecular weight excluding hydrogens is 174 g/mol. The summed E-state index contributed by atoms with van der Waals surface area (Å²) < 4.78 is 1.82. The van der Waals surface area contributed by atoms with Crippen LogP contribution < -0.4 is 5.56 Å². The standard InChI is InChI=1S/C9H10ClNO/c1-6-8(10)5-7-3-2-4-11(7)9(6)12/h5H,2-4H2,1H3. The molecule has 0 aliphatic carbocycles. The quantitative estimate of drug-likeness (QED) is 0.601. The van der Waals surface area contributed by atoms with E-state index in [9.17, 15) is 4.79 Å². The van der Waals surface area contributed by atoms with Crippen molar-refractivity contribution in [2.24, 2.45) is 0 Å². The molecule has 0 bridgehead atoms. The van der Waals surface area contributed by atoms with Crippen LogP contribution in [-0.4, -0.2) is 4.57 Å². The number of nitrogens with zero attached hydrogens (tertiary/aromatic N) is 1. The minimum atomic E-state index is 0.0787. The van der Waals surface area contributed by atoms with E-state index in [1.54, 1.807) is 6.92 Å². The number of aromatic nitrogens is 1. The molecule has 2 heterocycles. The Morgan fingerprint density at radius 1 is 1.58 bits per heavy atom. The second-order valence-electron chi connectivity index (χ2n) is 3.17.